The topological polar surface area (TPSA) is 96.3 Å². The second kappa shape index (κ2) is 8.18. The van der Waals surface area contributed by atoms with Crippen LogP contribution in [0.1, 0.15) is 17.3 Å². The van der Waals surface area contributed by atoms with Gasteiger partial charge in [-0.2, -0.15) is 5.10 Å². The Morgan fingerprint density at radius 2 is 1.76 bits per heavy atom. The maximum Gasteiger partial charge on any atom is 0.308 e. The number of ketones is 1. The number of halogens is 2. The number of amides is 2. The molecule has 0 spiro atoms. The van der Waals surface area contributed by atoms with E-state index >= 15 is 0 Å². The van der Waals surface area contributed by atoms with Crippen LogP contribution in [-0.4, -0.2) is 46.9 Å². The number of carbonyl (C=O) groups excluding carboxylic acids is 4. The van der Waals surface area contributed by atoms with Crippen molar-refractivity contribution in [2.75, 3.05) is 4.90 Å². The van der Waals surface area contributed by atoms with E-state index in [4.69, 9.17) is 16.3 Å². The van der Waals surface area contributed by atoms with E-state index in [0.29, 0.717) is 0 Å². The Kier molecular flexibility index (Phi) is 5.28. The van der Waals surface area contributed by atoms with Crippen molar-refractivity contribution in [2.45, 2.75) is 19.0 Å². The summed E-state index contributed by atoms with van der Waals surface area (Å²) in [6.45, 7) is 1.27. The summed E-state index contributed by atoms with van der Waals surface area (Å²) in [6.07, 6.45) is 4.89. The number of anilines is 1. The number of ether oxygens (including phenoxy) is 1. The molecular formula is C24H17ClFN3O5. The van der Waals surface area contributed by atoms with Gasteiger partial charge in [-0.1, -0.05) is 17.7 Å². The molecular weight excluding hydrogens is 465 g/mol. The average molecular weight is 482 g/mol. The zero-order valence-corrected chi connectivity index (χ0v) is 18.5. The molecule has 3 aliphatic heterocycles. The van der Waals surface area contributed by atoms with Gasteiger partial charge in [0.15, 0.2) is 5.78 Å². The number of hydrogen-bond acceptors (Lipinski definition) is 7. The lowest BCUT2D eigenvalue weighted by Crippen LogP contribution is -2.46. The number of rotatable bonds is 4. The molecule has 2 aromatic carbocycles. The molecule has 1 unspecified atom stereocenters. The summed E-state index contributed by atoms with van der Waals surface area (Å²) in [6, 6.07) is 7.90. The Morgan fingerprint density at radius 3 is 2.44 bits per heavy atom. The summed E-state index contributed by atoms with van der Waals surface area (Å²) >= 11 is 5.87. The lowest BCUT2D eigenvalue weighted by molar-refractivity contribution is -0.132. The molecule has 2 amide bonds. The van der Waals surface area contributed by atoms with Gasteiger partial charge in [-0.05, 0) is 48.5 Å². The van der Waals surface area contributed by atoms with Gasteiger partial charge in [0.25, 0.3) is 0 Å². The number of hydrogen-bond donors (Lipinski definition) is 0. The standard InChI is InChI=1S/C24H17ClFN3O5/c1-12(30)34-15-7-4-13(5-8-15)22(31)21-20-19(18-3-2-10-27-29(18)21)23(32)28(24(20)33)14-6-9-17(26)16(25)11-14/h2-11,18-21H,1H3/t18?,19-,20-,21+/m1/s1. The molecule has 0 aromatic heterocycles. The van der Waals surface area contributed by atoms with Gasteiger partial charge in [0.05, 0.1) is 28.6 Å². The molecule has 34 heavy (non-hydrogen) atoms. The Hall–Kier alpha value is -3.85. The number of nitrogens with zero attached hydrogens (tertiary/aromatic N) is 3. The number of allylic oxidation sites excluding steroid dienone is 1. The summed E-state index contributed by atoms with van der Waals surface area (Å²) in [7, 11) is 0. The van der Waals surface area contributed by atoms with Crippen LogP contribution in [0.4, 0.5) is 10.1 Å². The fraction of sp³-hybridized carbons (Fsp3) is 0.208. The van der Waals surface area contributed by atoms with E-state index in [2.05, 4.69) is 5.10 Å². The molecule has 172 valence electrons. The lowest BCUT2D eigenvalue weighted by atomic mass is 9.86. The highest BCUT2D eigenvalue weighted by molar-refractivity contribution is 6.31. The third-order valence-corrected chi connectivity index (χ3v) is 6.41. The summed E-state index contributed by atoms with van der Waals surface area (Å²) < 4.78 is 18.7. The summed E-state index contributed by atoms with van der Waals surface area (Å²) in [5, 5.41) is 5.55. The molecule has 4 atom stereocenters. The fourth-order valence-corrected chi connectivity index (χ4v) is 4.91. The van der Waals surface area contributed by atoms with Crippen molar-refractivity contribution in [3.05, 3.63) is 71.0 Å². The molecule has 2 aromatic rings. The molecule has 2 fully saturated rings. The third kappa shape index (κ3) is 3.40. The SMILES string of the molecule is CC(=O)Oc1ccc(C(=O)[C@@H]2[C@@H]3C(=O)N(c4ccc(F)c(Cl)c4)C(=O)[C@@H]3C3C=CC=NN32)cc1. The van der Waals surface area contributed by atoms with Gasteiger partial charge in [0.2, 0.25) is 11.8 Å². The molecule has 0 saturated carbocycles. The van der Waals surface area contributed by atoms with Crippen LogP contribution in [0.15, 0.2) is 59.7 Å². The number of Topliss-reactive ketones (excluding diaryl/α,β-unsaturated/α-hetero) is 1. The molecule has 3 heterocycles. The van der Waals surface area contributed by atoms with Gasteiger partial charge in [0.1, 0.15) is 17.6 Å². The van der Waals surface area contributed by atoms with Crippen LogP contribution >= 0.6 is 11.6 Å². The van der Waals surface area contributed by atoms with Crippen LogP contribution in [0, 0.1) is 17.7 Å². The van der Waals surface area contributed by atoms with E-state index in [1.807, 2.05) is 0 Å². The zero-order chi connectivity index (χ0) is 24.1. The number of hydrazone groups is 1. The largest absolute Gasteiger partial charge is 0.427 e. The van der Waals surface area contributed by atoms with Crippen LogP contribution in [0.3, 0.4) is 0 Å². The Labute approximate surface area is 198 Å². The highest BCUT2D eigenvalue weighted by atomic mass is 35.5. The van der Waals surface area contributed by atoms with E-state index in [-0.39, 0.29) is 22.0 Å². The van der Waals surface area contributed by atoms with E-state index in [0.717, 1.165) is 11.0 Å². The summed E-state index contributed by atoms with van der Waals surface area (Å²) in [4.78, 5) is 52.6. The second-order valence-corrected chi connectivity index (χ2v) is 8.52. The van der Waals surface area contributed by atoms with E-state index in [1.54, 1.807) is 12.2 Å². The van der Waals surface area contributed by atoms with Crippen molar-refractivity contribution < 1.29 is 28.3 Å². The molecule has 0 bridgehead atoms. The van der Waals surface area contributed by atoms with Crippen molar-refractivity contribution >= 4 is 47.1 Å². The van der Waals surface area contributed by atoms with Crippen LogP contribution < -0.4 is 9.64 Å². The van der Waals surface area contributed by atoms with Gasteiger partial charge < -0.3 is 4.74 Å². The Balaban J connectivity index is 1.52. The molecule has 2 saturated heterocycles. The Morgan fingerprint density at radius 1 is 1.06 bits per heavy atom. The zero-order valence-electron chi connectivity index (χ0n) is 17.7. The first-order valence-electron chi connectivity index (χ1n) is 10.4. The number of benzene rings is 2. The highest BCUT2D eigenvalue weighted by Crippen LogP contribution is 2.46. The highest BCUT2D eigenvalue weighted by Gasteiger charge is 2.64. The average Bonchev–Trinajstić information content (AvgIpc) is 3.28. The van der Waals surface area contributed by atoms with E-state index in [9.17, 15) is 23.6 Å². The predicted molar refractivity (Wildman–Crippen MR) is 120 cm³/mol. The van der Waals surface area contributed by atoms with Crippen molar-refractivity contribution in [1.82, 2.24) is 5.01 Å². The molecule has 8 nitrogen and oxygen atoms in total. The van der Waals surface area contributed by atoms with Crippen LogP contribution in [0.5, 0.6) is 5.75 Å². The van der Waals surface area contributed by atoms with Crippen LogP contribution in [0.2, 0.25) is 5.02 Å². The van der Waals surface area contributed by atoms with Gasteiger partial charge in [-0.15, -0.1) is 0 Å². The maximum absolute atomic E-state index is 13.7. The van der Waals surface area contributed by atoms with E-state index < -0.39 is 53.3 Å². The van der Waals surface area contributed by atoms with Crippen molar-refractivity contribution in [3.8, 4) is 5.75 Å². The number of fused-ring (bicyclic) bond motifs is 3. The van der Waals surface area contributed by atoms with Crippen molar-refractivity contribution in [2.24, 2.45) is 16.9 Å². The third-order valence-electron chi connectivity index (χ3n) is 6.12. The van der Waals surface area contributed by atoms with Crippen LogP contribution in [-0.2, 0) is 14.4 Å². The molecule has 0 radical (unpaired) electrons. The van der Waals surface area contributed by atoms with Crippen LogP contribution in [0.25, 0.3) is 0 Å². The first kappa shape index (κ1) is 22.0. The summed E-state index contributed by atoms with van der Waals surface area (Å²) in [5.41, 5.74) is 0.413. The smallest absolute Gasteiger partial charge is 0.308 e. The molecule has 0 N–H and O–H groups in total. The first-order valence-corrected chi connectivity index (χ1v) is 10.8. The van der Waals surface area contributed by atoms with Gasteiger partial charge >= 0.3 is 5.97 Å². The predicted octanol–water partition coefficient (Wildman–Crippen LogP) is 3.00. The van der Waals surface area contributed by atoms with Gasteiger partial charge in [0, 0.05) is 18.7 Å². The molecule has 0 aliphatic carbocycles. The number of imide groups is 1. The first-order chi connectivity index (χ1) is 16.3. The van der Waals surface area contributed by atoms with E-state index in [1.165, 1.54) is 54.5 Å². The van der Waals surface area contributed by atoms with Crippen molar-refractivity contribution in [3.63, 3.8) is 0 Å². The Bertz CT molecular complexity index is 1290. The number of carbonyl (C=O) groups is 4. The quantitative estimate of drug-likeness (QED) is 0.288. The molecule has 3 aliphatic rings. The molecule has 5 rings (SSSR count). The number of esters is 1. The fourth-order valence-electron chi connectivity index (χ4n) is 4.74. The molecule has 10 heteroatoms. The lowest BCUT2D eigenvalue weighted by Gasteiger charge is -2.30. The van der Waals surface area contributed by atoms with Gasteiger partial charge in [-0.3, -0.25) is 24.2 Å². The minimum atomic E-state index is -1.03. The van der Waals surface area contributed by atoms with Gasteiger partial charge in [-0.25, -0.2) is 9.29 Å². The second-order valence-electron chi connectivity index (χ2n) is 8.11. The normalized spacial score (nSPS) is 24.9. The van der Waals surface area contributed by atoms with Crippen molar-refractivity contribution in [1.29, 1.82) is 0 Å². The minimum absolute atomic E-state index is 0.141. The monoisotopic (exact) mass is 481 g/mol. The minimum Gasteiger partial charge on any atom is -0.427 e. The summed E-state index contributed by atoms with van der Waals surface area (Å²) in [5.74, 6) is -4.23. The maximum atomic E-state index is 13.7.